The van der Waals surface area contributed by atoms with Crippen molar-refractivity contribution in [3.63, 3.8) is 0 Å². The maximum atomic E-state index is 14.0. The molecule has 0 aromatic heterocycles. The van der Waals surface area contributed by atoms with Gasteiger partial charge in [-0.2, -0.15) is 5.48 Å². The molecule has 1 aliphatic carbocycles. The fourth-order valence-corrected chi connectivity index (χ4v) is 3.34. The lowest BCUT2D eigenvalue weighted by atomic mass is 9.82. The van der Waals surface area contributed by atoms with E-state index in [1.807, 2.05) is 0 Å². The second-order valence-electron chi connectivity index (χ2n) is 4.80. The summed E-state index contributed by atoms with van der Waals surface area (Å²) in [5.74, 6) is -0.133. The zero-order chi connectivity index (χ0) is 12.0. The average Bonchev–Trinajstić information content (AvgIpc) is 2.78. The minimum atomic E-state index is -0.576. The van der Waals surface area contributed by atoms with Gasteiger partial charge in [0.15, 0.2) is 0 Å². The topological polar surface area (TPSA) is 41.5 Å². The Hall–Kier alpha value is -0.490. The van der Waals surface area contributed by atoms with Gasteiger partial charge in [0.2, 0.25) is 0 Å². The van der Waals surface area contributed by atoms with Gasteiger partial charge in [-0.3, -0.25) is 0 Å². The third-order valence-corrected chi connectivity index (χ3v) is 4.25. The maximum Gasteiger partial charge on any atom is 0.128 e. The molecule has 3 rings (SSSR count). The van der Waals surface area contributed by atoms with Crippen LogP contribution in [0.2, 0.25) is 0 Å². The van der Waals surface area contributed by atoms with E-state index < -0.39 is 11.6 Å². The Kier molecular flexibility index (Phi) is 2.74. The van der Waals surface area contributed by atoms with E-state index in [-0.39, 0.29) is 11.7 Å². The van der Waals surface area contributed by atoms with Crippen molar-refractivity contribution in [2.75, 3.05) is 6.61 Å². The maximum absolute atomic E-state index is 14.0. The molecule has 5 heteroatoms. The fourth-order valence-electron chi connectivity index (χ4n) is 2.98. The second kappa shape index (κ2) is 4.02. The number of aliphatic hydroxyl groups is 1. The SMILES string of the molecule is O[C@H]1C[C@H]2CON[C@@]2(c2cc(Br)ccc2F)C1. The predicted molar refractivity (Wildman–Crippen MR) is 63.6 cm³/mol. The number of aliphatic hydroxyl groups excluding tert-OH is 1. The summed E-state index contributed by atoms with van der Waals surface area (Å²) < 4.78 is 14.8. The van der Waals surface area contributed by atoms with Crippen LogP contribution in [0.1, 0.15) is 18.4 Å². The normalized spacial score (nSPS) is 36.2. The van der Waals surface area contributed by atoms with E-state index in [4.69, 9.17) is 4.84 Å². The number of hydrogen-bond donors (Lipinski definition) is 2. The van der Waals surface area contributed by atoms with Crippen LogP contribution in [-0.2, 0) is 10.4 Å². The second-order valence-corrected chi connectivity index (χ2v) is 5.71. The summed E-state index contributed by atoms with van der Waals surface area (Å²) >= 11 is 3.35. The Morgan fingerprint density at radius 1 is 1.53 bits per heavy atom. The molecule has 1 heterocycles. The van der Waals surface area contributed by atoms with Crippen molar-refractivity contribution in [3.8, 4) is 0 Å². The minimum Gasteiger partial charge on any atom is -0.393 e. The summed E-state index contributed by atoms with van der Waals surface area (Å²) in [7, 11) is 0. The van der Waals surface area contributed by atoms with Crippen LogP contribution in [0.5, 0.6) is 0 Å². The third kappa shape index (κ3) is 1.73. The summed E-state index contributed by atoms with van der Waals surface area (Å²) in [6.45, 7) is 0.517. The Bertz CT molecular complexity index is 456. The molecule has 92 valence electrons. The molecule has 2 aliphatic rings. The molecule has 1 saturated carbocycles. The number of hydrogen-bond acceptors (Lipinski definition) is 3. The van der Waals surface area contributed by atoms with E-state index in [9.17, 15) is 9.50 Å². The molecule has 2 N–H and O–H groups in total. The van der Waals surface area contributed by atoms with Gasteiger partial charge in [-0.15, -0.1) is 0 Å². The van der Waals surface area contributed by atoms with Gasteiger partial charge in [-0.25, -0.2) is 4.39 Å². The lowest BCUT2D eigenvalue weighted by molar-refractivity contribution is 0.0385. The molecule has 0 bridgehead atoms. The van der Waals surface area contributed by atoms with E-state index in [1.54, 1.807) is 12.1 Å². The number of halogens is 2. The van der Waals surface area contributed by atoms with Crippen molar-refractivity contribution in [1.29, 1.82) is 0 Å². The van der Waals surface area contributed by atoms with Gasteiger partial charge in [-0.05, 0) is 31.0 Å². The van der Waals surface area contributed by atoms with Crippen molar-refractivity contribution >= 4 is 15.9 Å². The van der Waals surface area contributed by atoms with Crippen molar-refractivity contribution < 1.29 is 14.3 Å². The first-order valence-corrected chi connectivity index (χ1v) is 6.44. The van der Waals surface area contributed by atoms with Gasteiger partial charge in [0.05, 0.1) is 18.2 Å². The summed E-state index contributed by atoms with van der Waals surface area (Å²) in [5, 5.41) is 9.79. The van der Waals surface area contributed by atoms with E-state index in [0.717, 1.165) is 4.47 Å². The first kappa shape index (κ1) is 11.6. The average molecular weight is 302 g/mol. The van der Waals surface area contributed by atoms with Crippen LogP contribution in [-0.4, -0.2) is 17.8 Å². The molecule has 1 aliphatic heterocycles. The monoisotopic (exact) mass is 301 g/mol. The smallest absolute Gasteiger partial charge is 0.128 e. The standard InChI is InChI=1S/C12H13BrFNO2/c13-8-1-2-11(14)10(4-8)12-5-9(16)3-7(12)6-17-15-12/h1-2,4,7,9,15-16H,3,5-6H2/t7-,9-,12-/m0/s1. The van der Waals surface area contributed by atoms with Crippen molar-refractivity contribution in [2.24, 2.45) is 5.92 Å². The van der Waals surface area contributed by atoms with Gasteiger partial charge in [0.25, 0.3) is 0 Å². The van der Waals surface area contributed by atoms with Crippen LogP contribution in [0.25, 0.3) is 0 Å². The Labute approximate surface area is 107 Å². The summed E-state index contributed by atoms with van der Waals surface area (Å²) in [6.07, 6.45) is 0.749. The zero-order valence-corrected chi connectivity index (χ0v) is 10.7. The van der Waals surface area contributed by atoms with Gasteiger partial charge >= 0.3 is 0 Å². The predicted octanol–water partition coefficient (Wildman–Crippen LogP) is 2.09. The number of benzene rings is 1. The van der Waals surface area contributed by atoms with E-state index in [1.165, 1.54) is 6.07 Å². The fraction of sp³-hybridized carbons (Fsp3) is 0.500. The molecule has 0 spiro atoms. The Balaban J connectivity index is 2.09. The first-order valence-electron chi connectivity index (χ1n) is 5.64. The highest BCUT2D eigenvalue weighted by Gasteiger charge is 2.53. The van der Waals surface area contributed by atoms with Gasteiger partial charge in [-0.1, -0.05) is 15.9 Å². The summed E-state index contributed by atoms with van der Waals surface area (Å²) in [4.78, 5) is 5.27. The number of nitrogens with one attached hydrogen (secondary N) is 1. The highest BCUT2D eigenvalue weighted by Crippen LogP contribution is 2.47. The van der Waals surface area contributed by atoms with Crippen LogP contribution in [0, 0.1) is 11.7 Å². The highest BCUT2D eigenvalue weighted by atomic mass is 79.9. The molecule has 3 atom stereocenters. The number of fused-ring (bicyclic) bond motifs is 1. The summed E-state index contributed by atoms with van der Waals surface area (Å²) in [5.41, 5.74) is 2.92. The molecule has 17 heavy (non-hydrogen) atoms. The molecule has 1 aromatic carbocycles. The first-order chi connectivity index (χ1) is 8.12. The Morgan fingerprint density at radius 2 is 2.35 bits per heavy atom. The van der Waals surface area contributed by atoms with Crippen LogP contribution >= 0.6 is 15.9 Å². The van der Waals surface area contributed by atoms with E-state index in [0.29, 0.717) is 25.0 Å². The van der Waals surface area contributed by atoms with Crippen LogP contribution in [0.3, 0.4) is 0 Å². The molecule has 0 radical (unpaired) electrons. The highest BCUT2D eigenvalue weighted by molar-refractivity contribution is 9.10. The van der Waals surface area contributed by atoms with Gasteiger partial charge in [0, 0.05) is 16.0 Å². The number of hydroxylamine groups is 1. The summed E-state index contributed by atoms with van der Waals surface area (Å²) in [6, 6.07) is 4.88. The van der Waals surface area contributed by atoms with Crippen LogP contribution in [0.15, 0.2) is 22.7 Å². The van der Waals surface area contributed by atoms with Crippen molar-refractivity contribution in [3.05, 3.63) is 34.1 Å². The van der Waals surface area contributed by atoms with Crippen LogP contribution < -0.4 is 5.48 Å². The quantitative estimate of drug-likeness (QED) is 0.834. The van der Waals surface area contributed by atoms with Crippen LogP contribution in [0.4, 0.5) is 4.39 Å². The minimum absolute atomic E-state index is 0.126. The molecular weight excluding hydrogens is 289 g/mol. The molecule has 0 amide bonds. The Morgan fingerprint density at radius 3 is 3.18 bits per heavy atom. The van der Waals surface area contributed by atoms with Gasteiger partial charge in [0.1, 0.15) is 5.82 Å². The lowest BCUT2D eigenvalue weighted by Gasteiger charge is -2.28. The number of rotatable bonds is 1. The molecule has 2 fully saturated rings. The van der Waals surface area contributed by atoms with Crippen molar-refractivity contribution in [2.45, 2.75) is 24.5 Å². The molecule has 1 aromatic rings. The van der Waals surface area contributed by atoms with E-state index in [2.05, 4.69) is 21.4 Å². The largest absolute Gasteiger partial charge is 0.393 e. The molecular formula is C12H13BrFNO2. The molecule has 0 unspecified atom stereocenters. The van der Waals surface area contributed by atoms with E-state index >= 15 is 0 Å². The van der Waals surface area contributed by atoms with Crippen molar-refractivity contribution in [1.82, 2.24) is 5.48 Å². The molecule has 1 saturated heterocycles. The lowest BCUT2D eigenvalue weighted by Crippen LogP contribution is -2.39. The van der Waals surface area contributed by atoms with Gasteiger partial charge < -0.3 is 9.94 Å². The molecule has 3 nitrogen and oxygen atoms in total. The third-order valence-electron chi connectivity index (χ3n) is 3.76. The zero-order valence-electron chi connectivity index (χ0n) is 9.12.